The first-order chi connectivity index (χ1) is 16.2. The molecule has 1 aliphatic heterocycles. The van der Waals surface area contributed by atoms with Crippen LogP contribution in [0.5, 0.6) is 0 Å². The van der Waals surface area contributed by atoms with Gasteiger partial charge in [-0.05, 0) is 43.0 Å². The van der Waals surface area contributed by atoms with E-state index in [1.807, 2.05) is 23.7 Å². The van der Waals surface area contributed by atoms with E-state index in [1.54, 1.807) is 6.07 Å². The predicted molar refractivity (Wildman–Crippen MR) is 135 cm³/mol. The molecule has 0 bridgehead atoms. The van der Waals surface area contributed by atoms with Gasteiger partial charge in [0.15, 0.2) is 0 Å². The van der Waals surface area contributed by atoms with Crippen molar-refractivity contribution in [2.24, 2.45) is 0 Å². The van der Waals surface area contributed by atoms with Crippen molar-refractivity contribution >= 4 is 15.7 Å². The number of hydrogen-bond acceptors (Lipinski definition) is 5. The highest BCUT2D eigenvalue weighted by Gasteiger charge is 2.28. The van der Waals surface area contributed by atoms with Crippen LogP contribution in [0.2, 0.25) is 0 Å². The second-order valence-corrected chi connectivity index (χ2v) is 11.1. The quantitative estimate of drug-likeness (QED) is 0.518. The second-order valence-electron chi connectivity index (χ2n) is 9.23. The molecule has 0 atom stereocenters. The zero-order valence-electron chi connectivity index (χ0n) is 20.4. The molecular weight excluding hydrogens is 448 g/mol. The summed E-state index contributed by atoms with van der Waals surface area (Å²) < 4.78 is 35.2. The molecule has 182 valence electrons. The van der Waals surface area contributed by atoms with Crippen molar-refractivity contribution in [3.63, 3.8) is 0 Å². The summed E-state index contributed by atoms with van der Waals surface area (Å²) in [5.41, 5.74) is 6.13. The fraction of sp³-hybridized carbons (Fsp3) is 0.423. The number of nitrogens with one attached hydrogen (secondary N) is 1. The monoisotopic (exact) mass is 482 g/mol. The molecule has 0 saturated carbocycles. The third-order valence-corrected chi connectivity index (χ3v) is 8.14. The number of aromatic nitrogens is 2. The van der Waals surface area contributed by atoms with E-state index >= 15 is 0 Å². The van der Waals surface area contributed by atoms with Crippen LogP contribution in [0.15, 0.2) is 53.6 Å². The number of nitrogens with zero attached hydrogens (tertiary/aromatic N) is 3. The van der Waals surface area contributed by atoms with Crippen molar-refractivity contribution in [3.05, 3.63) is 76.6 Å². The van der Waals surface area contributed by atoms with Crippen LogP contribution in [0.25, 0.3) is 0 Å². The number of sulfonamides is 1. The summed E-state index contributed by atoms with van der Waals surface area (Å²) in [5, 5.41) is 8.27. The van der Waals surface area contributed by atoms with Gasteiger partial charge in [-0.1, -0.05) is 49.7 Å². The molecule has 2 heterocycles. The Kier molecular flexibility index (Phi) is 7.40. The van der Waals surface area contributed by atoms with Crippen LogP contribution in [-0.4, -0.2) is 48.8 Å². The van der Waals surface area contributed by atoms with Crippen molar-refractivity contribution in [2.45, 2.75) is 51.6 Å². The van der Waals surface area contributed by atoms with E-state index in [2.05, 4.69) is 56.6 Å². The minimum atomic E-state index is -3.56. The van der Waals surface area contributed by atoms with Gasteiger partial charge in [-0.3, -0.25) is 4.68 Å². The maximum Gasteiger partial charge on any atom is 0.243 e. The molecule has 0 amide bonds. The number of anilines is 1. The smallest absolute Gasteiger partial charge is 0.243 e. The highest BCUT2D eigenvalue weighted by atomic mass is 32.2. The van der Waals surface area contributed by atoms with E-state index in [-0.39, 0.29) is 5.92 Å². The van der Waals surface area contributed by atoms with Crippen LogP contribution in [-0.2, 0) is 27.8 Å². The number of benzene rings is 2. The molecule has 1 N–H and O–H groups in total. The summed E-state index contributed by atoms with van der Waals surface area (Å²) in [7, 11) is -3.56. The minimum Gasteiger partial charge on any atom is -0.381 e. The number of morpholine rings is 1. The molecule has 0 spiro atoms. The molecule has 1 fully saturated rings. The van der Waals surface area contributed by atoms with Crippen LogP contribution in [0, 0.1) is 13.8 Å². The SMILES string of the molecule is Cc1cccc(Cn2cc(CNc3ccc(C)c(S(=O)(=O)N4CCOCC4)c3)c(C(C)C)n2)c1. The maximum absolute atomic E-state index is 13.2. The van der Waals surface area contributed by atoms with Crippen molar-refractivity contribution in [1.82, 2.24) is 14.1 Å². The van der Waals surface area contributed by atoms with Gasteiger partial charge in [-0.2, -0.15) is 9.40 Å². The molecular formula is C26H34N4O3S. The molecule has 34 heavy (non-hydrogen) atoms. The number of aryl methyl sites for hydroxylation is 2. The van der Waals surface area contributed by atoms with E-state index < -0.39 is 10.0 Å². The van der Waals surface area contributed by atoms with E-state index in [1.165, 1.54) is 15.4 Å². The minimum absolute atomic E-state index is 0.283. The Bertz CT molecular complexity index is 1240. The Morgan fingerprint density at radius 2 is 1.85 bits per heavy atom. The molecule has 8 heteroatoms. The Labute approximate surface area is 202 Å². The van der Waals surface area contributed by atoms with Crippen molar-refractivity contribution in [2.75, 3.05) is 31.6 Å². The summed E-state index contributed by atoms with van der Waals surface area (Å²) in [4.78, 5) is 0.346. The van der Waals surface area contributed by atoms with Gasteiger partial charge >= 0.3 is 0 Å². The first-order valence-corrected chi connectivity index (χ1v) is 13.2. The standard InChI is InChI=1S/C26H34N4O3S/c1-19(2)26-23(18-29(28-26)17-22-7-5-6-20(3)14-22)16-27-24-9-8-21(4)25(15-24)34(31,32)30-10-12-33-13-11-30/h5-9,14-15,18-19,27H,10-13,16-17H2,1-4H3. The van der Waals surface area contributed by atoms with E-state index in [0.29, 0.717) is 44.3 Å². The summed E-state index contributed by atoms with van der Waals surface area (Å²) in [6.07, 6.45) is 2.09. The zero-order chi connectivity index (χ0) is 24.3. The number of ether oxygens (including phenoxy) is 1. The molecule has 3 aromatic rings. The molecule has 0 unspecified atom stereocenters. The van der Waals surface area contributed by atoms with E-state index in [0.717, 1.165) is 22.5 Å². The van der Waals surface area contributed by atoms with Crippen LogP contribution in [0.4, 0.5) is 5.69 Å². The molecule has 0 aliphatic carbocycles. The Morgan fingerprint density at radius 3 is 2.56 bits per heavy atom. The van der Waals surface area contributed by atoms with Gasteiger partial charge in [0.2, 0.25) is 10.0 Å². The molecule has 4 rings (SSSR count). The highest BCUT2D eigenvalue weighted by Crippen LogP contribution is 2.26. The lowest BCUT2D eigenvalue weighted by Gasteiger charge is -2.27. The van der Waals surface area contributed by atoms with Gasteiger partial charge in [0, 0.05) is 37.1 Å². The van der Waals surface area contributed by atoms with E-state index in [4.69, 9.17) is 9.84 Å². The Hall–Kier alpha value is -2.68. The topological polar surface area (TPSA) is 76.5 Å². The van der Waals surface area contributed by atoms with Gasteiger partial charge in [-0.25, -0.2) is 8.42 Å². The van der Waals surface area contributed by atoms with Crippen molar-refractivity contribution in [1.29, 1.82) is 0 Å². The summed E-state index contributed by atoms with van der Waals surface area (Å²) in [6.45, 7) is 11.1. The zero-order valence-corrected chi connectivity index (χ0v) is 21.2. The van der Waals surface area contributed by atoms with Gasteiger partial charge < -0.3 is 10.1 Å². The Balaban J connectivity index is 1.53. The number of hydrogen-bond donors (Lipinski definition) is 1. The maximum atomic E-state index is 13.2. The fourth-order valence-corrected chi connectivity index (χ4v) is 5.95. The third-order valence-electron chi connectivity index (χ3n) is 6.10. The van der Waals surface area contributed by atoms with Crippen LogP contribution in [0.3, 0.4) is 0 Å². The summed E-state index contributed by atoms with van der Waals surface area (Å²) >= 11 is 0. The molecule has 1 aromatic heterocycles. The van der Waals surface area contributed by atoms with Gasteiger partial charge in [0.1, 0.15) is 0 Å². The molecule has 1 aliphatic rings. The van der Waals surface area contributed by atoms with Gasteiger partial charge in [0.25, 0.3) is 0 Å². The van der Waals surface area contributed by atoms with Crippen molar-refractivity contribution < 1.29 is 13.2 Å². The first-order valence-electron chi connectivity index (χ1n) is 11.8. The van der Waals surface area contributed by atoms with Crippen LogP contribution < -0.4 is 5.32 Å². The molecule has 2 aromatic carbocycles. The van der Waals surface area contributed by atoms with E-state index in [9.17, 15) is 8.42 Å². The van der Waals surface area contributed by atoms with Crippen LogP contribution >= 0.6 is 0 Å². The molecule has 0 radical (unpaired) electrons. The molecule has 1 saturated heterocycles. The average molecular weight is 483 g/mol. The summed E-state index contributed by atoms with van der Waals surface area (Å²) in [6, 6.07) is 14.0. The lowest BCUT2D eigenvalue weighted by Crippen LogP contribution is -2.40. The van der Waals surface area contributed by atoms with Crippen molar-refractivity contribution in [3.8, 4) is 0 Å². The summed E-state index contributed by atoms with van der Waals surface area (Å²) in [5.74, 6) is 0.283. The highest BCUT2D eigenvalue weighted by molar-refractivity contribution is 7.89. The van der Waals surface area contributed by atoms with Gasteiger partial charge in [-0.15, -0.1) is 0 Å². The molecule has 7 nitrogen and oxygen atoms in total. The lowest BCUT2D eigenvalue weighted by atomic mass is 10.1. The second kappa shape index (κ2) is 10.3. The first kappa shape index (κ1) is 24.4. The lowest BCUT2D eigenvalue weighted by molar-refractivity contribution is 0.0730. The number of rotatable bonds is 8. The fourth-order valence-electron chi connectivity index (χ4n) is 4.29. The predicted octanol–water partition coefficient (Wildman–Crippen LogP) is 4.30. The normalized spacial score (nSPS) is 15.1. The third kappa shape index (κ3) is 5.51. The largest absolute Gasteiger partial charge is 0.381 e. The van der Waals surface area contributed by atoms with Crippen LogP contribution in [0.1, 0.15) is 47.7 Å². The van der Waals surface area contributed by atoms with Gasteiger partial charge in [0.05, 0.1) is 30.3 Å². The Morgan fingerprint density at radius 1 is 1.09 bits per heavy atom. The average Bonchev–Trinajstić information content (AvgIpc) is 3.22.